The number of aliphatic carboxylic acids is 1. The molecule has 1 aliphatic rings. The number of carbonyl (C=O) groups excluding carboxylic acids is 1. The van der Waals surface area contributed by atoms with Crippen LogP contribution < -0.4 is 9.47 Å². The summed E-state index contributed by atoms with van der Waals surface area (Å²) in [6.45, 7) is 1.36. The van der Waals surface area contributed by atoms with Gasteiger partial charge in [-0.3, -0.25) is 4.79 Å². The number of hydrogen-bond acceptors (Lipinski definition) is 5. The SMILES string of the molecule is COc1cc(OC)c2c(c1)C(=O)N(C(C)C(=O)O)C2C#N. The van der Waals surface area contributed by atoms with Crippen molar-refractivity contribution in [2.75, 3.05) is 14.2 Å². The van der Waals surface area contributed by atoms with Crippen LogP contribution in [0.5, 0.6) is 11.5 Å². The van der Waals surface area contributed by atoms with Crippen molar-refractivity contribution in [2.45, 2.75) is 19.0 Å². The zero-order valence-corrected chi connectivity index (χ0v) is 11.8. The van der Waals surface area contributed by atoms with Crippen LogP contribution in [0.3, 0.4) is 0 Å². The first-order chi connectivity index (χ1) is 9.96. The lowest BCUT2D eigenvalue weighted by Gasteiger charge is -2.24. The van der Waals surface area contributed by atoms with Crippen LogP contribution in [0.15, 0.2) is 12.1 Å². The van der Waals surface area contributed by atoms with E-state index in [0.717, 1.165) is 4.90 Å². The molecule has 7 nitrogen and oxygen atoms in total. The topological polar surface area (TPSA) is 99.9 Å². The summed E-state index contributed by atoms with van der Waals surface area (Å²) in [5.74, 6) is -0.976. The van der Waals surface area contributed by atoms with Crippen LogP contribution in [-0.4, -0.2) is 42.1 Å². The largest absolute Gasteiger partial charge is 0.497 e. The molecule has 0 aliphatic carbocycles. The Morgan fingerprint density at radius 2 is 2.10 bits per heavy atom. The summed E-state index contributed by atoms with van der Waals surface area (Å²) < 4.78 is 10.3. The predicted octanol–water partition coefficient (Wildman–Crippen LogP) is 1.20. The van der Waals surface area contributed by atoms with Gasteiger partial charge in [-0.1, -0.05) is 0 Å². The predicted molar refractivity (Wildman–Crippen MR) is 71.2 cm³/mol. The molecule has 1 N–H and O–H groups in total. The van der Waals surface area contributed by atoms with E-state index in [2.05, 4.69) is 0 Å². The van der Waals surface area contributed by atoms with Crippen molar-refractivity contribution in [3.63, 3.8) is 0 Å². The number of nitriles is 1. The Balaban J connectivity index is 2.64. The third-order valence-corrected chi connectivity index (χ3v) is 3.48. The van der Waals surface area contributed by atoms with Gasteiger partial charge < -0.3 is 19.5 Å². The van der Waals surface area contributed by atoms with Crippen LogP contribution in [0.1, 0.15) is 28.9 Å². The van der Waals surface area contributed by atoms with Gasteiger partial charge in [0.2, 0.25) is 0 Å². The third kappa shape index (κ3) is 2.14. The number of benzene rings is 1. The smallest absolute Gasteiger partial charge is 0.326 e. The molecule has 1 heterocycles. The number of ether oxygens (including phenoxy) is 2. The minimum absolute atomic E-state index is 0.228. The second-order valence-corrected chi connectivity index (χ2v) is 4.55. The highest BCUT2D eigenvalue weighted by Gasteiger charge is 2.44. The Hall–Kier alpha value is -2.75. The van der Waals surface area contributed by atoms with Crippen LogP contribution in [0.4, 0.5) is 0 Å². The van der Waals surface area contributed by atoms with E-state index in [0.29, 0.717) is 17.1 Å². The van der Waals surface area contributed by atoms with E-state index in [-0.39, 0.29) is 5.56 Å². The Morgan fingerprint density at radius 1 is 1.43 bits per heavy atom. The Labute approximate surface area is 121 Å². The molecule has 0 radical (unpaired) electrons. The first kappa shape index (κ1) is 14.7. The van der Waals surface area contributed by atoms with Crippen molar-refractivity contribution >= 4 is 11.9 Å². The lowest BCUT2D eigenvalue weighted by molar-refractivity contribution is -0.142. The van der Waals surface area contributed by atoms with Crippen LogP contribution in [0.25, 0.3) is 0 Å². The normalized spacial score (nSPS) is 17.9. The molecule has 0 bridgehead atoms. The number of amides is 1. The molecule has 1 aromatic rings. The Bertz CT molecular complexity index is 649. The summed E-state index contributed by atoms with van der Waals surface area (Å²) in [4.78, 5) is 24.6. The fourth-order valence-electron chi connectivity index (χ4n) is 2.39. The van der Waals surface area contributed by atoms with E-state index in [1.807, 2.05) is 6.07 Å². The lowest BCUT2D eigenvalue weighted by Crippen LogP contribution is -2.41. The van der Waals surface area contributed by atoms with Crippen LogP contribution in [0, 0.1) is 11.3 Å². The van der Waals surface area contributed by atoms with E-state index < -0.39 is 24.0 Å². The molecule has 1 amide bonds. The summed E-state index contributed by atoms with van der Waals surface area (Å²) in [5.41, 5.74) is 0.602. The maximum Gasteiger partial charge on any atom is 0.326 e. The lowest BCUT2D eigenvalue weighted by atomic mass is 10.0. The van der Waals surface area contributed by atoms with E-state index in [1.165, 1.54) is 27.2 Å². The zero-order valence-electron chi connectivity index (χ0n) is 11.8. The molecule has 0 saturated carbocycles. The molecule has 2 unspecified atom stereocenters. The quantitative estimate of drug-likeness (QED) is 0.894. The summed E-state index contributed by atoms with van der Waals surface area (Å²) in [7, 11) is 2.86. The molecule has 0 saturated heterocycles. The number of hydrogen-bond donors (Lipinski definition) is 1. The first-order valence-electron chi connectivity index (χ1n) is 6.17. The van der Waals surface area contributed by atoms with Gasteiger partial charge >= 0.3 is 5.97 Å². The second-order valence-electron chi connectivity index (χ2n) is 4.55. The number of carboxylic acid groups (broad SMARTS) is 1. The van der Waals surface area contributed by atoms with Gasteiger partial charge in [-0.25, -0.2) is 4.79 Å². The molecule has 2 rings (SSSR count). The molecular weight excluding hydrogens is 276 g/mol. The number of nitrogens with zero attached hydrogens (tertiary/aromatic N) is 2. The van der Waals surface area contributed by atoms with Crippen molar-refractivity contribution in [1.82, 2.24) is 4.90 Å². The number of carboxylic acids is 1. The number of fused-ring (bicyclic) bond motifs is 1. The van der Waals surface area contributed by atoms with Crippen LogP contribution >= 0.6 is 0 Å². The van der Waals surface area contributed by atoms with Gasteiger partial charge in [-0.15, -0.1) is 0 Å². The molecule has 0 fully saturated rings. The summed E-state index contributed by atoms with van der Waals surface area (Å²) in [6.07, 6.45) is 0. The van der Waals surface area contributed by atoms with Gasteiger partial charge in [-0.05, 0) is 13.0 Å². The van der Waals surface area contributed by atoms with Crippen molar-refractivity contribution in [3.05, 3.63) is 23.3 Å². The summed E-state index contributed by atoms with van der Waals surface area (Å²) in [5, 5.41) is 18.5. The first-order valence-corrected chi connectivity index (χ1v) is 6.17. The molecule has 0 spiro atoms. The van der Waals surface area contributed by atoms with Gasteiger partial charge in [0.1, 0.15) is 23.6 Å². The van der Waals surface area contributed by atoms with Crippen molar-refractivity contribution in [3.8, 4) is 17.6 Å². The van der Waals surface area contributed by atoms with Gasteiger partial charge in [-0.2, -0.15) is 5.26 Å². The Morgan fingerprint density at radius 3 is 2.57 bits per heavy atom. The standard InChI is InChI=1S/C14H14N2O5/c1-7(14(18)19)16-10(6-15)12-9(13(16)17)4-8(20-2)5-11(12)21-3/h4-5,7,10H,1-3H3,(H,18,19). The monoisotopic (exact) mass is 290 g/mol. The Kier molecular flexibility index (Phi) is 3.72. The van der Waals surface area contributed by atoms with E-state index in [9.17, 15) is 14.9 Å². The van der Waals surface area contributed by atoms with Crippen LogP contribution in [-0.2, 0) is 4.79 Å². The molecule has 7 heteroatoms. The van der Waals surface area contributed by atoms with Gasteiger partial charge in [0, 0.05) is 11.6 Å². The fourth-order valence-corrected chi connectivity index (χ4v) is 2.39. The molecule has 1 aromatic carbocycles. The number of methoxy groups -OCH3 is 2. The highest BCUT2D eigenvalue weighted by Crippen LogP contribution is 2.42. The van der Waals surface area contributed by atoms with Crippen molar-refractivity contribution in [2.24, 2.45) is 0 Å². The van der Waals surface area contributed by atoms with Gasteiger partial charge in [0.25, 0.3) is 5.91 Å². The number of rotatable bonds is 4. The fraction of sp³-hybridized carbons (Fsp3) is 0.357. The van der Waals surface area contributed by atoms with Crippen molar-refractivity contribution in [1.29, 1.82) is 5.26 Å². The number of carbonyl (C=O) groups is 2. The third-order valence-electron chi connectivity index (χ3n) is 3.48. The molecule has 1 aliphatic heterocycles. The molecule has 110 valence electrons. The second kappa shape index (κ2) is 5.32. The molecular formula is C14H14N2O5. The highest BCUT2D eigenvalue weighted by molar-refractivity contribution is 6.02. The molecule has 2 atom stereocenters. The molecule has 21 heavy (non-hydrogen) atoms. The maximum atomic E-state index is 12.4. The van der Waals surface area contributed by atoms with Crippen molar-refractivity contribution < 1.29 is 24.2 Å². The zero-order chi connectivity index (χ0) is 15.7. The van der Waals surface area contributed by atoms with E-state index in [1.54, 1.807) is 6.07 Å². The molecule has 0 aromatic heterocycles. The van der Waals surface area contributed by atoms with E-state index >= 15 is 0 Å². The van der Waals surface area contributed by atoms with E-state index in [4.69, 9.17) is 14.6 Å². The average molecular weight is 290 g/mol. The van der Waals surface area contributed by atoms with Gasteiger partial charge in [0.05, 0.1) is 25.9 Å². The highest BCUT2D eigenvalue weighted by atomic mass is 16.5. The van der Waals surface area contributed by atoms with Crippen LogP contribution in [0.2, 0.25) is 0 Å². The summed E-state index contributed by atoms with van der Waals surface area (Å²) >= 11 is 0. The minimum Gasteiger partial charge on any atom is -0.497 e. The average Bonchev–Trinajstić information content (AvgIpc) is 2.77. The summed E-state index contributed by atoms with van der Waals surface area (Å²) in [6, 6.07) is 2.90. The van der Waals surface area contributed by atoms with Gasteiger partial charge in [0.15, 0.2) is 0 Å². The maximum absolute atomic E-state index is 12.4. The minimum atomic E-state index is -1.18.